The van der Waals surface area contributed by atoms with Gasteiger partial charge in [0.15, 0.2) is 5.69 Å². The first-order chi connectivity index (χ1) is 8.99. The van der Waals surface area contributed by atoms with Crippen LogP contribution in [-0.4, -0.2) is 10.2 Å². The second kappa shape index (κ2) is 5.23. The van der Waals surface area contributed by atoms with Crippen molar-refractivity contribution in [3.05, 3.63) is 47.7 Å². The van der Waals surface area contributed by atoms with E-state index in [9.17, 15) is 13.2 Å². The molecule has 1 aromatic carbocycles. The lowest BCUT2D eigenvalue weighted by atomic mass is 10.2. The SMILES string of the molecule is NCc1ccc(Oc2ccc(C(F)(F)F)nn2)cc1. The van der Waals surface area contributed by atoms with Gasteiger partial charge in [0.1, 0.15) is 5.75 Å². The Morgan fingerprint density at radius 2 is 1.68 bits per heavy atom. The minimum Gasteiger partial charge on any atom is -0.438 e. The molecule has 0 aliphatic carbocycles. The van der Waals surface area contributed by atoms with E-state index in [1.807, 2.05) is 0 Å². The molecule has 0 bridgehead atoms. The molecular weight excluding hydrogens is 259 g/mol. The molecule has 0 aliphatic rings. The van der Waals surface area contributed by atoms with Crippen LogP contribution < -0.4 is 10.5 Å². The predicted octanol–water partition coefficient (Wildman–Crippen LogP) is 2.75. The molecule has 0 spiro atoms. The number of nitrogens with two attached hydrogens (primary N) is 1. The van der Waals surface area contributed by atoms with Gasteiger partial charge in [-0.05, 0) is 23.8 Å². The van der Waals surface area contributed by atoms with Crippen molar-refractivity contribution in [2.75, 3.05) is 0 Å². The highest BCUT2D eigenvalue weighted by Crippen LogP contribution is 2.28. The molecule has 0 saturated carbocycles. The molecule has 19 heavy (non-hydrogen) atoms. The van der Waals surface area contributed by atoms with Gasteiger partial charge < -0.3 is 10.5 Å². The maximum absolute atomic E-state index is 12.3. The number of nitrogens with zero attached hydrogens (tertiary/aromatic N) is 2. The lowest BCUT2D eigenvalue weighted by Gasteiger charge is -2.07. The minimum absolute atomic E-state index is 0.00602. The van der Waals surface area contributed by atoms with Gasteiger partial charge in [0.25, 0.3) is 0 Å². The third-order valence-electron chi connectivity index (χ3n) is 2.31. The zero-order valence-corrected chi connectivity index (χ0v) is 9.69. The molecule has 0 aliphatic heterocycles. The van der Waals surface area contributed by atoms with Crippen LogP contribution in [0.1, 0.15) is 11.3 Å². The van der Waals surface area contributed by atoms with Crippen LogP contribution in [0.4, 0.5) is 13.2 Å². The largest absolute Gasteiger partial charge is 0.438 e. The van der Waals surface area contributed by atoms with Crippen LogP contribution in [0.5, 0.6) is 11.6 Å². The van der Waals surface area contributed by atoms with Crippen molar-refractivity contribution in [1.82, 2.24) is 10.2 Å². The van der Waals surface area contributed by atoms with Gasteiger partial charge in [-0.15, -0.1) is 10.2 Å². The van der Waals surface area contributed by atoms with Gasteiger partial charge in [0, 0.05) is 12.6 Å². The highest BCUT2D eigenvalue weighted by molar-refractivity contribution is 5.30. The summed E-state index contributed by atoms with van der Waals surface area (Å²) < 4.78 is 42.1. The molecule has 0 amide bonds. The molecule has 0 atom stereocenters. The highest BCUT2D eigenvalue weighted by Gasteiger charge is 2.32. The smallest absolute Gasteiger partial charge is 0.435 e. The van der Waals surface area contributed by atoms with Crippen molar-refractivity contribution in [3.63, 3.8) is 0 Å². The first kappa shape index (κ1) is 13.3. The van der Waals surface area contributed by atoms with Crippen molar-refractivity contribution in [2.45, 2.75) is 12.7 Å². The molecule has 2 aromatic rings. The Labute approximate surface area is 107 Å². The van der Waals surface area contributed by atoms with E-state index in [2.05, 4.69) is 10.2 Å². The molecule has 1 aromatic heterocycles. The van der Waals surface area contributed by atoms with Crippen LogP contribution in [0.3, 0.4) is 0 Å². The Morgan fingerprint density at radius 3 is 2.16 bits per heavy atom. The van der Waals surface area contributed by atoms with E-state index < -0.39 is 11.9 Å². The number of benzene rings is 1. The number of rotatable bonds is 3. The summed E-state index contributed by atoms with van der Waals surface area (Å²) in [5.74, 6) is 0.444. The zero-order chi connectivity index (χ0) is 13.9. The number of hydrogen-bond donors (Lipinski definition) is 1. The van der Waals surface area contributed by atoms with Crippen LogP contribution in [0.25, 0.3) is 0 Å². The Morgan fingerprint density at radius 1 is 1.00 bits per heavy atom. The summed E-state index contributed by atoms with van der Waals surface area (Å²) in [6.07, 6.45) is -4.51. The summed E-state index contributed by atoms with van der Waals surface area (Å²) in [4.78, 5) is 0. The van der Waals surface area contributed by atoms with Crippen LogP contribution in [0, 0.1) is 0 Å². The molecule has 2 N–H and O–H groups in total. The third-order valence-corrected chi connectivity index (χ3v) is 2.31. The summed E-state index contributed by atoms with van der Waals surface area (Å²) in [6.45, 7) is 0.403. The van der Waals surface area contributed by atoms with E-state index in [4.69, 9.17) is 10.5 Å². The summed E-state index contributed by atoms with van der Waals surface area (Å²) >= 11 is 0. The molecule has 7 heteroatoms. The van der Waals surface area contributed by atoms with E-state index in [0.717, 1.165) is 17.7 Å². The Hall–Kier alpha value is -2.15. The maximum Gasteiger partial charge on any atom is 0.435 e. The quantitative estimate of drug-likeness (QED) is 0.930. The Balaban J connectivity index is 2.10. The van der Waals surface area contributed by atoms with Crippen LogP contribution in [0.2, 0.25) is 0 Å². The monoisotopic (exact) mass is 269 g/mol. The van der Waals surface area contributed by atoms with Gasteiger partial charge in [-0.1, -0.05) is 12.1 Å². The summed E-state index contributed by atoms with van der Waals surface area (Å²) in [6, 6.07) is 8.76. The maximum atomic E-state index is 12.3. The summed E-state index contributed by atoms with van der Waals surface area (Å²) in [7, 11) is 0. The van der Waals surface area contributed by atoms with Crippen molar-refractivity contribution in [3.8, 4) is 11.6 Å². The van der Waals surface area contributed by atoms with Crippen molar-refractivity contribution in [1.29, 1.82) is 0 Å². The van der Waals surface area contributed by atoms with Crippen molar-refractivity contribution < 1.29 is 17.9 Å². The second-order valence-electron chi connectivity index (χ2n) is 3.70. The molecule has 100 valence electrons. The first-order valence-corrected chi connectivity index (χ1v) is 5.37. The second-order valence-corrected chi connectivity index (χ2v) is 3.70. The fourth-order valence-electron chi connectivity index (χ4n) is 1.34. The number of aromatic nitrogens is 2. The first-order valence-electron chi connectivity index (χ1n) is 5.37. The molecule has 0 unspecified atom stereocenters. The van der Waals surface area contributed by atoms with E-state index in [-0.39, 0.29) is 5.88 Å². The molecule has 0 saturated heterocycles. The lowest BCUT2D eigenvalue weighted by molar-refractivity contribution is -0.141. The molecule has 1 heterocycles. The van der Waals surface area contributed by atoms with E-state index in [0.29, 0.717) is 12.3 Å². The minimum atomic E-state index is -4.51. The predicted molar refractivity (Wildman–Crippen MR) is 61.4 cm³/mol. The molecule has 4 nitrogen and oxygen atoms in total. The number of hydrogen-bond acceptors (Lipinski definition) is 4. The van der Waals surface area contributed by atoms with Gasteiger partial charge in [0.2, 0.25) is 5.88 Å². The fraction of sp³-hybridized carbons (Fsp3) is 0.167. The zero-order valence-electron chi connectivity index (χ0n) is 9.69. The van der Waals surface area contributed by atoms with Crippen LogP contribution in [-0.2, 0) is 12.7 Å². The summed E-state index contributed by atoms with van der Waals surface area (Å²) in [5, 5.41) is 6.43. The van der Waals surface area contributed by atoms with Crippen LogP contribution in [0.15, 0.2) is 36.4 Å². The Kier molecular flexibility index (Phi) is 3.66. The lowest BCUT2D eigenvalue weighted by Crippen LogP contribution is -2.08. The van der Waals surface area contributed by atoms with Gasteiger partial charge in [-0.2, -0.15) is 13.2 Å². The number of alkyl halides is 3. The fourth-order valence-corrected chi connectivity index (χ4v) is 1.34. The van der Waals surface area contributed by atoms with E-state index in [1.165, 1.54) is 0 Å². The Bertz CT molecular complexity index is 538. The van der Waals surface area contributed by atoms with E-state index in [1.54, 1.807) is 24.3 Å². The average Bonchev–Trinajstić information content (AvgIpc) is 2.39. The van der Waals surface area contributed by atoms with Gasteiger partial charge in [0.05, 0.1) is 0 Å². The van der Waals surface area contributed by atoms with E-state index >= 15 is 0 Å². The topological polar surface area (TPSA) is 61.0 Å². The van der Waals surface area contributed by atoms with Gasteiger partial charge in [-0.25, -0.2) is 0 Å². The normalized spacial score (nSPS) is 11.4. The number of halogens is 3. The average molecular weight is 269 g/mol. The molecule has 0 radical (unpaired) electrons. The summed E-state index contributed by atoms with van der Waals surface area (Å²) in [5.41, 5.74) is 5.31. The third kappa shape index (κ3) is 3.41. The number of ether oxygens (including phenoxy) is 1. The molecule has 0 fully saturated rings. The van der Waals surface area contributed by atoms with Gasteiger partial charge in [-0.3, -0.25) is 0 Å². The van der Waals surface area contributed by atoms with Crippen molar-refractivity contribution >= 4 is 0 Å². The molecule has 2 rings (SSSR count). The molecular formula is C12H10F3N3O. The highest BCUT2D eigenvalue weighted by atomic mass is 19.4. The van der Waals surface area contributed by atoms with Crippen LogP contribution >= 0.6 is 0 Å². The van der Waals surface area contributed by atoms with Gasteiger partial charge >= 0.3 is 6.18 Å². The standard InChI is InChI=1S/C12H10F3N3O/c13-12(14,15)10-5-6-11(18-17-10)19-9-3-1-8(7-16)2-4-9/h1-6H,7,16H2. The van der Waals surface area contributed by atoms with Crippen molar-refractivity contribution in [2.24, 2.45) is 5.73 Å².